The van der Waals surface area contributed by atoms with Crippen molar-refractivity contribution in [3.63, 3.8) is 0 Å². The Morgan fingerprint density at radius 1 is 1.09 bits per heavy atom. The Balaban J connectivity index is 1.96. The zero-order valence-corrected chi connectivity index (χ0v) is 14.1. The highest BCUT2D eigenvalue weighted by molar-refractivity contribution is 9.10. The molecule has 2 aromatic carbocycles. The van der Waals surface area contributed by atoms with E-state index in [-0.39, 0.29) is 11.6 Å². The molecule has 0 bridgehead atoms. The minimum Gasteiger partial charge on any atom is -0.402 e. The van der Waals surface area contributed by atoms with E-state index in [2.05, 4.69) is 20.9 Å². The number of ether oxygens (including phenoxy) is 1. The number of halogens is 3. The molecular formula is C16H8BrCl2NO2. The van der Waals surface area contributed by atoms with Crippen LogP contribution in [0, 0.1) is 0 Å². The van der Waals surface area contributed by atoms with Gasteiger partial charge in [0.1, 0.15) is 0 Å². The average Bonchev–Trinajstić information content (AvgIpc) is 2.82. The summed E-state index contributed by atoms with van der Waals surface area (Å²) in [6.07, 6.45) is 1.66. The molecule has 0 aromatic heterocycles. The number of hydrogen-bond donors (Lipinski definition) is 0. The maximum atomic E-state index is 11.9. The van der Waals surface area contributed by atoms with Gasteiger partial charge in [0.25, 0.3) is 0 Å². The summed E-state index contributed by atoms with van der Waals surface area (Å²) >= 11 is 15.3. The van der Waals surface area contributed by atoms with Crippen LogP contribution in [-0.2, 0) is 9.53 Å². The molecule has 3 nitrogen and oxygen atoms in total. The Hall–Kier alpha value is -1.62. The van der Waals surface area contributed by atoms with Crippen LogP contribution in [0.4, 0.5) is 0 Å². The number of benzene rings is 2. The van der Waals surface area contributed by atoms with E-state index in [0.29, 0.717) is 15.6 Å². The number of carbonyl (C=O) groups is 1. The van der Waals surface area contributed by atoms with Crippen molar-refractivity contribution < 1.29 is 9.53 Å². The summed E-state index contributed by atoms with van der Waals surface area (Å²) in [5, 5.41) is 0.883. The van der Waals surface area contributed by atoms with Gasteiger partial charge in [0.2, 0.25) is 5.90 Å². The first kappa shape index (κ1) is 15.3. The fourth-order valence-electron chi connectivity index (χ4n) is 1.90. The molecule has 22 heavy (non-hydrogen) atoms. The fraction of sp³-hybridized carbons (Fsp3) is 0. The molecule has 1 aliphatic rings. The van der Waals surface area contributed by atoms with Gasteiger partial charge in [0, 0.05) is 9.50 Å². The predicted molar refractivity (Wildman–Crippen MR) is 91.2 cm³/mol. The summed E-state index contributed by atoms with van der Waals surface area (Å²) in [6.45, 7) is 0. The van der Waals surface area contributed by atoms with Crippen molar-refractivity contribution >= 4 is 57.1 Å². The average molecular weight is 397 g/mol. The predicted octanol–water partition coefficient (Wildman–Crippen LogP) is 5.10. The van der Waals surface area contributed by atoms with Crippen molar-refractivity contribution in [1.82, 2.24) is 0 Å². The first-order valence-corrected chi connectivity index (χ1v) is 7.81. The lowest BCUT2D eigenvalue weighted by Crippen LogP contribution is -2.05. The van der Waals surface area contributed by atoms with Gasteiger partial charge < -0.3 is 4.74 Å². The van der Waals surface area contributed by atoms with Gasteiger partial charge in [-0.25, -0.2) is 9.79 Å². The second-order valence-electron chi connectivity index (χ2n) is 4.51. The molecular weight excluding hydrogens is 389 g/mol. The number of carbonyl (C=O) groups excluding carboxylic acids is 1. The Morgan fingerprint density at radius 2 is 1.82 bits per heavy atom. The maximum Gasteiger partial charge on any atom is 0.363 e. The summed E-state index contributed by atoms with van der Waals surface area (Å²) in [7, 11) is 0. The molecule has 0 atom stereocenters. The number of rotatable bonds is 2. The SMILES string of the molecule is O=C1OC(c2ccc(Cl)cc2Cl)=N/C1=C\c1ccc(Br)cc1. The lowest BCUT2D eigenvalue weighted by atomic mass is 10.2. The van der Waals surface area contributed by atoms with Crippen LogP contribution in [0.2, 0.25) is 10.0 Å². The van der Waals surface area contributed by atoms with Gasteiger partial charge in [-0.2, -0.15) is 0 Å². The molecule has 0 radical (unpaired) electrons. The third-order valence-corrected chi connectivity index (χ3v) is 4.03. The van der Waals surface area contributed by atoms with Gasteiger partial charge in [-0.15, -0.1) is 0 Å². The van der Waals surface area contributed by atoms with Crippen LogP contribution in [0.25, 0.3) is 6.08 Å². The van der Waals surface area contributed by atoms with Crippen LogP contribution in [0.1, 0.15) is 11.1 Å². The zero-order chi connectivity index (χ0) is 15.7. The quantitative estimate of drug-likeness (QED) is 0.523. The van der Waals surface area contributed by atoms with E-state index < -0.39 is 5.97 Å². The lowest BCUT2D eigenvalue weighted by molar-refractivity contribution is -0.129. The van der Waals surface area contributed by atoms with Crippen molar-refractivity contribution in [2.75, 3.05) is 0 Å². The molecule has 1 aliphatic heterocycles. The summed E-state index contributed by atoms with van der Waals surface area (Å²) in [5.74, 6) is -0.334. The van der Waals surface area contributed by atoms with Crippen LogP contribution in [0.3, 0.4) is 0 Å². The van der Waals surface area contributed by atoms with Gasteiger partial charge in [-0.1, -0.05) is 51.3 Å². The van der Waals surface area contributed by atoms with E-state index in [1.165, 1.54) is 0 Å². The number of cyclic esters (lactones) is 1. The van der Waals surface area contributed by atoms with Crippen LogP contribution in [-0.4, -0.2) is 11.9 Å². The Morgan fingerprint density at radius 3 is 2.50 bits per heavy atom. The molecule has 0 amide bonds. The fourth-order valence-corrected chi connectivity index (χ4v) is 2.66. The third-order valence-electron chi connectivity index (χ3n) is 2.96. The molecule has 1 heterocycles. The molecule has 0 spiro atoms. The molecule has 6 heteroatoms. The van der Waals surface area contributed by atoms with E-state index in [1.807, 2.05) is 24.3 Å². The summed E-state index contributed by atoms with van der Waals surface area (Å²) < 4.78 is 6.14. The second-order valence-corrected chi connectivity index (χ2v) is 6.27. The molecule has 110 valence electrons. The highest BCUT2D eigenvalue weighted by Crippen LogP contribution is 2.26. The molecule has 0 saturated heterocycles. The lowest BCUT2D eigenvalue weighted by Gasteiger charge is -2.02. The van der Waals surface area contributed by atoms with E-state index >= 15 is 0 Å². The minimum atomic E-state index is -0.510. The highest BCUT2D eigenvalue weighted by atomic mass is 79.9. The minimum absolute atomic E-state index is 0.176. The second kappa shape index (κ2) is 6.24. The van der Waals surface area contributed by atoms with Gasteiger partial charge in [-0.3, -0.25) is 0 Å². The van der Waals surface area contributed by atoms with Crippen molar-refractivity contribution in [3.8, 4) is 0 Å². The molecule has 2 aromatic rings. The normalized spacial score (nSPS) is 15.9. The van der Waals surface area contributed by atoms with Crippen molar-refractivity contribution in [2.24, 2.45) is 4.99 Å². The monoisotopic (exact) mass is 395 g/mol. The summed E-state index contributed by atoms with van der Waals surface area (Å²) in [5.41, 5.74) is 1.60. The number of aliphatic imine (C=N–C) groups is 1. The molecule has 0 unspecified atom stereocenters. The van der Waals surface area contributed by atoms with Crippen molar-refractivity contribution in [1.29, 1.82) is 0 Å². The van der Waals surface area contributed by atoms with Gasteiger partial charge in [-0.05, 0) is 42.0 Å². The van der Waals surface area contributed by atoms with Gasteiger partial charge >= 0.3 is 5.97 Å². The molecule has 0 N–H and O–H groups in total. The summed E-state index contributed by atoms with van der Waals surface area (Å²) in [4.78, 5) is 16.1. The van der Waals surface area contributed by atoms with Crippen LogP contribution in [0.5, 0.6) is 0 Å². The first-order chi connectivity index (χ1) is 10.5. The number of esters is 1. The summed E-state index contributed by atoms with van der Waals surface area (Å²) in [6, 6.07) is 12.4. The first-order valence-electron chi connectivity index (χ1n) is 6.26. The number of nitrogens with zero attached hydrogens (tertiary/aromatic N) is 1. The largest absolute Gasteiger partial charge is 0.402 e. The smallest absolute Gasteiger partial charge is 0.363 e. The zero-order valence-electron chi connectivity index (χ0n) is 11.0. The standard InChI is InChI=1S/C16H8BrCl2NO2/c17-10-3-1-9(2-4-10)7-14-16(21)22-15(20-14)12-6-5-11(18)8-13(12)19/h1-8H/b14-7-. The van der Waals surface area contributed by atoms with Crippen LogP contribution < -0.4 is 0 Å². The Bertz CT molecular complexity index is 813. The molecule has 3 rings (SSSR count). The third kappa shape index (κ3) is 3.24. The van der Waals surface area contributed by atoms with E-state index in [1.54, 1.807) is 24.3 Å². The van der Waals surface area contributed by atoms with E-state index in [9.17, 15) is 4.79 Å². The van der Waals surface area contributed by atoms with Crippen molar-refractivity contribution in [3.05, 3.63) is 73.8 Å². The van der Waals surface area contributed by atoms with Gasteiger partial charge in [0.15, 0.2) is 5.70 Å². The number of hydrogen-bond acceptors (Lipinski definition) is 3. The Kier molecular flexibility index (Phi) is 4.34. The molecule has 0 saturated carbocycles. The molecule has 0 fully saturated rings. The Labute approximate surface area is 145 Å². The van der Waals surface area contributed by atoms with Crippen LogP contribution >= 0.6 is 39.1 Å². The van der Waals surface area contributed by atoms with E-state index in [4.69, 9.17) is 27.9 Å². The molecule has 0 aliphatic carbocycles. The topological polar surface area (TPSA) is 38.7 Å². The van der Waals surface area contributed by atoms with Gasteiger partial charge in [0.05, 0.1) is 10.6 Å². The van der Waals surface area contributed by atoms with Crippen LogP contribution in [0.15, 0.2) is 57.6 Å². The highest BCUT2D eigenvalue weighted by Gasteiger charge is 2.25. The van der Waals surface area contributed by atoms with Crippen molar-refractivity contribution in [2.45, 2.75) is 0 Å². The van der Waals surface area contributed by atoms with E-state index in [0.717, 1.165) is 10.0 Å². The maximum absolute atomic E-state index is 11.9.